The molecule has 0 radical (unpaired) electrons. The predicted molar refractivity (Wildman–Crippen MR) is 80.5 cm³/mol. The molecule has 1 amide bonds. The Labute approximate surface area is 124 Å². The summed E-state index contributed by atoms with van der Waals surface area (Å²) in [6.45, 7) is 0. The van der Waals surface area contributed by atoms with Gasteiger partial charge in [0.05, 0.1) is 0 Å². The van der Waals surface area contributed by atoms with Crippen LogP contribution in [-0.4, -0.2) is 17.9 Å². The maximum absolute atomic E-state index is 12.3. The Bertz CT molecular complexity index is 582. The smallest absolute Gasteiger partial charge is 0.232 e. The molecule has 0 N–H and O–H groups in total. The van der Waals surface area contributed by atoms with Gasteiger partial charge < -0.3 is 0 Å². The minimum absolute atomic E-state index is 0.107. The molecule has 1 saturated carbocycles. The highest BCUT2D eigenvalue weighted by Crippen LogP contribution is 2.48. The summed E-state index contributed by atoms with van der Waals surface area (Å²) in [4.78, 5) is 18.2. The van der Waals surface area contributed by atoms with Gasteiger partial charge in [0.1, 0.15) is 0 Å². The lowest BCUT2D eigenvalue weighted by atomic mass is 10.1. The maximum Gasteiger partial charge on any atom is 0.232 e. The first-order valence-corrected chi connectivity index (χ1v) is 7.76. The van der Waals surface area contributed by atoms with Crippen LogP contribution in [0.15, 0.2) is 40.3 Å². The number of halogens is 1. The molecule has 1 heterocycles. The molecule has 0 saturated heterocycles. The highest BCUT2D eigenvalue weighted by molar-refractivity contribution is 9.10. The molecular formula is C14H13BrN2OS. The Hall–Kier alpha value is -1.20. The van der Waals surface area contributed by atoms with Gasteiger partial charge in [-0.2, -0.15) is 0 Å². The van der Waals surface area contributed by atoms with Crippen molar-refractivity contribution in [1.82, 2.24) is 4.98 Å². The van der Waals surface area contributed by atoms with Crippen molar-refractivity contribution < 1.29 is 4.79 Å². The summed E-state index contributed by atoms with van der Waals surface area (Å²) < 4.78 is 1.07. The topological polar surface area (TPSA) is 33.2 Å². The molecular weight excluding hydrogens is 324 g/mol. The molecule has 19 heavy (non-hydrogen) atoms. The van der Waals surface area contributed by atoms with Crippen LogP contribution in [0.4, 0.5) is 5.13 Å². The second kappa shape index (κ2) is 5.06. The molecule has 0 unspecified atom stereocenters. The van der Waals surface area contributed by atoms with Crippen molar-refractivity contribution in [1.29, 1.82) is 0 Å². The summed E-state index contributed by atoms with van der Waals surface area (Å²) in [5.74, 6) is 0.640. The van der Waals surface area contributed by atoms with Crippen LogP contribution in [0, 0.1) is 5.92 Å². The van der Waals surface area contributed by atoms with Crippen LogP contribution in [0.5, 0.6) is 0 Å². The van der Waals surface area contributed by atoms with Crippen molar-refractivity contribution in [2.24, 2.45) is 5.92 Å². The Morgan fingerprint density at radius 1 is 1.42 bits per heavy atom. The number of hydrogen-bond acceptors (Lipinski definition) is 3. The summed E-state index contributed by atoms with van der Waals surface area (Å²) in [5.41, 5.74) is 1.24. The van der Waals surface area contributed by atoms with Crippen LogP contribution in [0.25, 0.3) is 0 Å². The molecule has 2 aromatic rings. The van der Waals surface area contributed by atoms with Crippen molar-refractivity contribution >= 4 is 38.3 Å². The largest absolute Gasteiger partial charge is 0.291 e. The van der Waals surface area contributed by atoms with Crippen LogP contribution in [0.2, 0.25) is 0 Å². The fourth-order valence-electron chi connectivity index (χ4n) is 2.27. The van der Waals surface area contributed by atoms with E-state index in [1.54, 1.807) is 18.1 Å². The van der Waals surface area contributed by atoms with Gasteiger partial charge in [-0.05, 0) is 30.0 Å². The number of benzene rings is 1. The van der Waals surface area contributed by atoms with Gasteiger partial charge in [0.25, 0.3) is 0 Å². The predicted octanol–water partition coefficient (Wildman–Crippen LogP) is 3.67. The second-order valence-corrected chi connectivity index (χ2v) is 6.50. The van der Waals surface area contributed by atoms with E-state index in [0.717, 1.165) is 16.0 Å². The van der Waals surface area contributed by atoms with Gasteiger partial charge in [-0.25, -0.2) is 4.98 Å². The first-order chi connectivity index (χ1) is 9.16. The van der Waals surface area contributed by atoms with E-state index in [1.165, 1.54) is 16.9 Å². The highest BCUT2D eigenvalue weighted by Gasteiger charge is 2.45. The maximum atomic E-state index is 12.3. The minimum atomic E-state index is 0.107. The molecule has 98 valence electrons. The second-order valence-electron chi connectivity index (χ2n) is 4.71. The molecule has 1 aliphatic rings. The lowest BCUT2D eigenvalue weighted by Crippen LogP contribution is -2.28. The van der Waals surface area contributed by atoms with Crippen molar-refractivity contribution in [3.63, 3.8) is 0 Å². The summed E-state index contributed by atoms with van der Waals surface area (Å²) >= 11 is 4.92. The molecule has 1 aromatic heterocycles. The molecule has 0 spiro atoms. The molecule has 1 aromatic carbocycles. The van der Waals surface area contributed by atoms with E-state index in [-0.39, 0.29) is 11.8 Å². The Morgan fingerprint density at radius 2 is 2.16 bits per heavy atom. The fraction of sp³-hybridized carbons (Fsp3) is 0.286. The monoisotopic (exact) mass is 336 g/mol. The Morgan fingerprint density at radius 3 is 2.79 bits per heavy atom. The molecule has 1 aliphatic carbocycles. The molecule has 2 atom stereocenters. The van der Waals surface area contributed by atoms with Gasteiger partial charge in [0.2, 0.25) is 5.91 Å². The molecule has 3 rings (SSSR count). The summed E-state index contributed by atoms with van der Waals surface area (Å²) in [5, 5.41) is 2.66. The molecule has 0 bridgehead atoms. The fourth-order valence-corrected chi connectivity index (χ4v) is 3.15. The third kappa shape index (κ3) is 2.58. The van der Waals surface area contributed by atoms with Gasteiger partial charge >= 0.3 is 0 Å². The zero-order chi connectivity index (χ0) is 13.4. The minimum Gasteiger partial charge on any atom is -0.291 e. The number of rotatable bonds is 3. The Balaban J connectivity index is 1.69. The van der Waals surface area contributed by atoms with Crippen LogP contribution < -0.4 is 4.90 Å². The van der Waals surface area contributed by atoms with Gasteiger partial charge in [-0.15, -0.1) is 11.3 Å². The number of carbonyl (C=O) groups excluding carboxylic acids is 1. The first-order valence-electron chi connectivity index (χ1n) is 6.09. The number of nitrogens with zero attached hydrogens (tertiary/aromatic N) is 2. The SMILES string of the molecule is CN(C(=O)[C@H]1C[C@H]1c1ccc(Br)cc1)c1nccs1. The molecule has 5 heteroatoms. The van der Waals surface area contributed by atoms with Crippen molar-refractivity contribution in [3.05, 3.63) is 45.9 Å². The van der Waals surface area contributed by atoms with E-state index >= 15 is 0 Å². The number of carbonyl (C=O) groups is 1. The van der Waals surface area contributed by atoms with Crippen LogP contribution in [0.1, 0.15) is 17.9 Å². The first kappa shape index (κ1) is 12.8. The molecule has 3 nitrogen and oxygen atoms in total. The van der Waals surface area contributed by atoms with E-state index in [4.69, 9.17) is 0 Å². The number of aromatic nitrogens is 1. The standard InChI is InChI=1S/C14H13BrN2OS/c1-17(14-16-6-7-19-14)13(18)12-8-11(12)9-2-4-10(15)5-3-9/h2-7,11-12H,8H2,1H3/t11-,12-/m0/s1. The molecule has 1 fully saturated rings. The Kier molecular flexibility index (Phi) is 3.41. The van der Waals surface area contributed by atoms with Gasteiger partial charge in [-0.3, -0.25) is 9.69 Å². The van der Waals surface area contributed by atoms with Gasteiger partial charge in [0.15, 0.2) is 5.13 Å². The van der Waals surface area contributed by atoms with E-state index < -0.39 is 0 Å². The number of anilines is 1. The quantitative estimate of drug-likeness (QED) is 0.856. The lowest BCUT2D eigenvalue weighted by molar-refractivity contribution is -0.119. The zero-order valence-electron chi connectivity index (χ0n) is 10.4. The zero-order valence-corrected chi connectivity index (χ0v) is 12.8. The van der Waals surface area contributed by atoms with Crippen LogP contribution >= 0.6 is 27.3 Å². The highest BCUT2D eigenvalue weighted by atomic mass is 79.9. The van der Waals surface area contributed by atoms with Gasteiger partial charge in [-0.1, -0.05) is 28.1 Å². The van der Waals surface area contributed by atoms with E-state index in [2.05, 4.69) is 33.0 Å². The van der Waals surface area contributed by atoms with E-state index in [9.17, 15) is 4.79 Å². The van der Waals surface area contributed by atoms with Crippen molar-refractivity contribution in [2.45, 2.75) is 12.3 Å². The van der Waals surface area contributed by atoms with E-state index in [1.807, 2.05) is 17.5 Å². The van der Waals surface area contributed by atoms with Crippen molar-refractivity contribution in [2.75, 3.05) is 11.9 Å². The van der Waals surface area contributed by atoms with Crippen LogP contribution in [0.3, 0.4) is 0 Å². The average Bonchev–Trinajstić information content (AvgIpc) is 3.02. The van der Waals surface area contributed by atoms with E-state index in [0.29, 0.717) is 5.92 Å². The molecule has 0 aliphatic heterocycles. The summed E-state index contributed by atoms with van der Waals surface area (Å²) in [6.07, 6.45) is 2.67. The average molecular weight is 337 g/mol. The van der Waals surface area contributed by atoms with Crippen molar-refractivity contribution in [3.8, 4) is 0 Å². The normalized spacial score (nSPS) is 21.2. The van der Waals surface area contributed by atoms with Crippen LogP contribution in [-0.2, 0) is 4.79 Å². The lowest BCUT2D eigenvalue weighted by Gasteiger charge is -2.13. The summed E-state index contributed by atoms with van der Waals surface area (Å²) in [7, 11) is 1.80. The van der Waals surface area contributed by atoms with Gasteiger partial charge in [0, 0.05) is 29.0 Å². The third-order valence-electron chi connectivity index (χ3n) is 3.44. The number of thiazole rings is 1. The number of hydrogen-bond donors (Lipinski definition) is 0. The number of amides is 1. The summed E-state index contributed by atoms with van der Waals surface area (Å²) in [6, 6.07) is 8.23. The third-order valence-corrected chi connectivity index (χ3v) is 4.82.